The average Bonchev–Trinajstić information content (AvgIpc) is 2.69. The Hall–Kier alpha value is -1.84. The van der Waals surface area contributed by atoms with Gasteiger partial charge in [-0.15, -0.1) is 0 Å². The molecule has 0 amide bonds. The van der Waals surface area contributed by atoms with Crippen LogP contribution in [0.3, 0.4) is 0 Å². The minimum absolute atomic E-state index is 0.719. The first-order valence-electron chi connectivity index (χ1n) is 4.08. The van der Waals surface area contributed by atoms with Crippen molar-refractivity contribution in [2.24, 2.45) is 0 Å². The number of pyridine rings is 1. The lowest BCUT2D eigenvalue weighted by atomic mass is 10.4. The van der Waals surface area contributed by atoms with Crippen molar-refractivity contribution in [1.29, 1.82) is 0 Å². The minimum Gasteiger partial charge on any atom is -0.364 e. The second-order valence-electron chi connectivity index (χ2n) is 2.65. The van der Waals surface area contributed by atoms with Crippen LogP contribution in [0.1, 0.15) is 5.69 Å². The van der Waals surface area contributed by atoms with Gasteiger partial charge < -0.3 is 5.32 Å². The van der Waals surface area contributed by atoms with Gasteiger partial charge in [0.25, 0.3) is 0 Å². The van der Waals surface area contributed by atoms with Gasteiger partial charge in [-0.25, -0.2) is 4.98 Å². The number of rotatable bonds is 3. The minimum atomic E-state index is 0.719. The van der Waals surface area contributed by atoms with Crippen LogP contribution in [0.15, 0.2) is 36.7 Å². The van der Waals surface area contributed by atoms with E-state index in [0.717, 1.165) is 18.1 Å². The molecule has 0 aromatic carbocycles. The Kier molecular flexibility index (Phi) is 2.22. The van der Waals surface area contributed by atoms with Crippen molar-refractivity contribution in [2.75, 3.05) is 5.32 Å². The van der Waals surface area contributed by atoms with Crippen LogP contribution >= 0.6 is 0 Å². The summed E-state index contributed by atoms with van der Waals surface area (Å²) < 4.78 is 0. The molecule has 0 fully saturated rings. The fourth-order valence-electron chi connectivity index (χ4n) is 1.04. The van der Waals surface area contributed by atoms with E-state index in [0.29, 0.717) is 0 Å². The molecule has 0 saturated heterocycles. The fraction of sp³-hybridized carbons (Fsp3) is 0.111. The standard InChI is InChI=1S/C9H10N4/c1-2-5-10-9(3-1)11-7-8-4-6-12-13-8/h1-6H,7H2,(H,10,11)(H,12,13). The lowest BCUT2D eigenvalue weighted by Gasteiger charge is -2.01. The molecular weight excluding hydrogens is 164 g/mol. The Labute approximate surface area is 76.0 Å². The van der Waals surface area contributed by atoms with E-state index >= 15 is 0 Å². The summed E-state index contributed by atoms with van der Waals surface area (Å²) in [7, 11) is 0. The molecule has 13 heavy (non-hydrogen) atoms. The summed E-state index contributed by atoms with van der Waals surface area (Å²) in [6.07, 6.45) is 3.49. The SMILES string of the molecule is c1ccc(NCc2ccn[nH]2)nc1. The highest BCUT2D eigenvalue weighted by Crippen LogP contribution is 2.02. The van der Waals surface area contributed by atoms with Crippen molar-refractivity contribution in [3.8, 4) is 0 Å². The van der Waals surface area contributed by atoms with Gasteiger partial charge in [0.2, 0.25) is 0 Å². The molecule has 0 aliphatic heterocycles. The van der Waals surface area contributed by atoms with Gasteiger partial charge in [-0.2, -0.15) is 5.10 Å². The summed E-state index contributed by atoms with van der Waals surface area (Å²) in [6.45, 7) is 0.719. The van der Waals surface area contributed by atoms with Crippen molar-refractivity contribution in [3.05, 3.63) is 42.4 Å². The van der Waals surface area contributed by atoms with Crippen molar-refractivity contribution in [1.82, 2.24) is 15.2 Å². The summed E-state index contributed by atoms with van der Waals surface area (Å²) in [4.78, 5) is 4.13. The largest absolute Gasteiger partial charge is 0.364 e. The maximum absolute atomic E-state index is 4.13. The highest BCUT2D eigenvalue weighted by atomic mass is 15.1. The molecule has 2 aromatic rings. The zero-order valence-corrected chi connectivity index (χ0v) is 7.07. The third-order valence-corrected chi connectivity index (χ3v) is 1.68. The van der Waals surface area contributed by atoms with E-state index in [2.05, 4.69) is 20.5 Å². The van der Waals surface area contributed by atoms with Crippen LogP contribution in [0.5, 0.6) is 0 Å². The Morgan fingerprint density at radius 2 is 2.23 bits per heavy atom. The number of hydrogen-bond acceptors (Lipinski definition) is 3. The topological polar surface area (TPSA) is 53.6 Å². The number of aromatic amines is 1. The van der Waals surface area contributed by atoms with Crippen LogP contribution in [0.25, 0.3) is 0 Å². The molecule has 0 radical (unpaired) electrons. The van der Waals surface area contributed by atoms with Crippen molar-refractivity contribution < 1.29 is 0 Å². The maximum Gasteiger partial charge on any atom is 0.126 e. The third-order valence-electron chi connectivity index (χ3n) is 1.68. The predicted octanol–water partition coefficient (Wildman–Crippen LogP) is 1.42. The normalized spacial score (nSPS) is 9.85. The van der Waals surface area contributed by atoms with E-state index in [-0.39, 0.29) is 0 Å². The number of H-pyrrole nitrogens is 1. The molecule has 2 heterocycles. The second kappa shape index (κ2) is 3.71. The Morgan fingerprint density at radius 1 is 1.23 bits per heavy atom. The lowest BCUT2D eigenvalue weighted by molar-refractivity contribution is 0.974. The van der Waals surface area contributed by atoms with E-state index in [9.17, 15) is 0 Å². The van der Waals surface area contributed by atoms with E-state index in [4.69, 9.17) is 0 Å². The quantitative estimate of drug-likeness (QED) is 0.739. The molecule has 0 unspecified atom stereocenters. The maximum atomic E-state index is 4.13. The van der Waals surface area contributed by atoms with Gasteiger partial charge in [-0.1, -0.05) is 6.07 Å². The van der Waals surface area contributed by atoms with Gasteiger partial charge in [0.05, 0.1) is 12.2 Å². The van der Waals surface area contributed by atoms with Crippen LogP contribution in [0.2, 0.25) is 0 Å². The number of nitrogens with one attached hydrogen (secondary N) is 2. The second-order valence-corrected chi connectivity index (χ2v) is 2.65. The Bertz CT molecular complexity index is 341. The molecule has 0 atom stereocenters. The molecule has 2 rings (SSSR count). The smallest absolute Gasteiger partial charge is 0.126 e. The van der Waals surface area contributed by atoms with Crippen molar-refractivity contribution in [2.45, 2.75) is 6.54 Å². The number of nitrogens with zero attached hydrogens (tertiary/aromatic N) is 2. The van der Waals surface area contributed by atoms with Gasteiger partial charge in [0.15, 0.2) is 0 Å². The number of anilines is 1. The molecule has 0 bridgehead atoms. The number of hydrogen-bond donors (Lipinski definition) is 2. The zero-order chi connectivity index (χ0) is 8.93. The van der Waals surface area contributed by atoms with E-state index in [1.807, 2.05) is 24.3 Å². The van der Waals surface area contributed by atoms with Crippen LogP contribution in [-0.4, -0.2) is 15.2 Å². The average molecular weight is 174 g/mol. The summed E-state index contributed by atoms with van der Waals surface area (Å²) in [6, 6.07) is 7.69. The Morgan fingerprint density at radius 3 is 2.92 bits per heavy atom. The van der Waals surface area contributed by atoms with E-state index in [1.54, 1.807) is 12.4 Å². The highest BCUT2D eigenvalue weighted by molar-refractivity contribution is 5.33. The monoisotopic (exact) mass is 174 g/mol. The molecule has 0 spiro atoms. The lowest BCUT2D eigenvalue weighted by Crippen LogP contribution is -2.00. The van der Waals surface area contributed by atoms with Crippen LogP contribution < -0.4 is 5.32 Å². The highest BCUT2D eigenvalue weighted by Gasteiger charge is 1.93. The van der Waals surface area contributed by atoms with Crippen LogP contribution in [0.4, 0.5) is 5.82 Å². The first-order chi connectivity index (χ1) is 6.45. The molecule has 2 N–H and O–H groups in total. The Balaban J connectivity index is 1.94. The van der Waals surface area contributed by atoms with Gasteiger partial charge in [0.1, 0.15) is 5.82 Å². The molecule has 4 nitrogen and oxygen atoms in total. The van der Waals surface area contributed by atoms with Gasteiger partial charge in [-0.3, -0.25) is 5.10 Å². The molecule has 4 heteroatoms. The third kappa shape index (κ3) is 2.05. The zero-order valence-electron chi connectivity index (χ0n) is 7.07. The van der Waals surface area contributed by atoms with Crippen molar-refractivity contribution >= 4 is 5.82 Å². The molecule has 2 aromatic heterocycles. The van der Waals surface area contributed by atoms with E-state index < -0.39 is 0 Å². The predicted molar refractivity (Wildman–Crippen MR) is 50.2 cm³/mol. The molecule has 0 aliphatic carbocycles. The summed E-state index contributed by atoms with van der Waals surface area (Å²) in [5.74, 6) is 0.872. The van der Waals surface area contributed by atoms with Crippen LogP contribution in [-0.2, 0) is 6.54 Å². The van der Waals surface area contributed by atoms with E-state index in [1.165, 1.54) is 0 Å². The molecule has 0 aliphatic rings. The summed E-state index contributed by atoms with van der Waals surface area (Å²) in [5.41, 5.74) is 1.05. The molecule has 66 valence electrons. The first kappa shape index (κ1) is 7.79. The number of aromatic nitrogens is 3. The van der Waals surface area contributed by atoms with Gasteiger partial charge >= 0.3 is 0 Å². The fourth-order valence-corrected chi connectivity index (χ4v) is 1.04. The van der Waals surface area contributed by atoms with Gasteiger partial charge in [0, 0.05) is 12.4 Å². The van der Waals surface area contributed by atoms with Gasteiger partial charge in [-0.05, 0) is 18.2 Å². The molecular formula is C9H10N4. The van der Waals surface area contributed by atoms with Crippen LogP contribution in [0, 0.1) is 0 Å². The molecule has 0 saturated carbocycles. The first-order valence-corrected chi connectivity index (χ1v) is 4.08. The summed E-state index contributed by atoms with van der Waals surface area (Å²) >= 11 is 0. The summed E-state index contributed by atoms with van der Waals surface area (Å²) in [5, 5.41) is 9.88. The van der Waals surface area contributed by atoms with Crippen molar-refractivity contribution in [3.63, 3.8) is 0 Å².